The molecule has 0 bridgehead atoms. The number of pyridine rings is 2. The van der Waals surface area contributed by atoms with Crippen LogP contribution in [0.2, 0.25) is 0 Å². The summed E-state index contributed by atoms with van der Waals surface area (Å²) in [4.78, 5) is 9.55. The van der Waals surface area contributed by atoms with Gasteiger partial charge in [0.05, 0.1) is 17.0 Å². The summed E-state index contributed by atoms with van der Waals surface area (Å²) in [5.74, 6) is 0. The van der Waals surface area contributed by atoms with Crippen molar-refractivity contribution < 1.29 is 13.2 Å². The van der Waals surface area contributed by atoms with E-state index in [1.54, 1.807) is 30.7 Å². The Morgan fingerprint density at radius 3 is 1.61 bits per heavy atom. The number of fused-ring (bicyclic) bond motifs is 7. The number of hydrogen-bond donors (Lipinski definition) is 0. The lowest BCUT2D eigenvalue weighted by atomic mass is 9.96. The predicted octanol–water partition coefficient (Wildman–Crippen LogP) is 6.94. The Bertz CT molecular complexity index is 1930. The van der Waals surface area contributed by atoms with Crippen LogP contribution in [0.25, 0.3) is 33.7 Å². The van der Waals surface area contributed by atoms with Gasteiger partial charge in [0.25, 0.3) is 0 Å². The van der Waals surface area contributed by atoms with Crippen molar-refractivity contribution in [3.8, 4) is 22.5 Å². The number of aromatic nitrogens is 2. The average Bonchev–Trinajstić information content (AvgIpc) is 3.47. The summed E-state index contributed by atoms with van der Waals surface area (Å²) in [5.41, 5.74) is 11.5. The Balaban J connectivity index is 1.64. The van der Waals surface area contributed by atoms with Crippen molar-refractivity contribution >= 4 is 22.5 Å². The quantitative estimate of drug-likeness (QED) is 0.246. The molecular formula is C32H21F3N2S. The van der Waals surface area contributed by atoms with Crippen LogP contribution in [0, 0.1) is 20.8 Å². The smallest absolute Gasteiger partial charge is 0.256 e. The summed E-state index contributed by atoms with van der Waals surface area (Å²) in [5, 5.41) is 0. The molecule has 186 valence electrons. The highest BCUT2D eigenvalue weighted by Crippen LogP contribution is 2.45. The van der Waals surface area contributed by atoms with E-state index in [4.69, 9.17) is 9.97 Å². The van der Waals surface area contributed by atoms with Gasteiger partial charge in [-0.15, -0.1) is 11.3 Å². The van der Waals surface area contributed by atoms with E-state index in [1.807, 2.05) is 24.3 Å². The zero-order chi connectivity index (χ0) is 26.3. The van der Waals surface area contributed by atoms with Crippen LogP contribution < -0.4 is 9.06 Å². The van der Waals surface area contributed by atoms with Crippen molar-refractivity contribution in [2.75, 3.05) is 0 Å². The summed E-state index contributed by atoms with van der Waals surface area (Å²) in [7, 11) is 0. The molecule has 2 nitrogen and oxygen atoms in total. The first kappa shape index (κ1) is 23.1. The number of halogens is 3. The number of hydrogen-bond acceptors (Lipinski definition) is 3. The van der Waals surface area contributed by atoms with Gasteiger partial charge >= 0.3 is 6.18 Å². The van der Waals surface area contributed by atoms with Crippen LogP contribution in [-0.4, -0.2) is 9.97 Å². The minimum atomic E-state index is -4.43. The molecule has 0 radical (unpaired) electrons. The Hall–Kier alpha value is -4.03. The van der Waals surface area contributed by atoms with Gasteiger partial charge in [-0.3, -0.25) is 9.97 Å². The van der Waals surface area contributed by atoms with Gasteiger partial charge in [-0.2, -0.15) is 13.2 Å². The summed E-state index contributed by atoms with van der Waals surface area (Å²) < 4.78 is 43.4. The van der Waals surface area contributed by atoms with E-state index in [-0.39, 0.29) is 0 Å². The van der Waals surface area contributed by atoms with Crippen molar-refractivity contribution in [3.63, 3.8) is 0 Å². The maximum atomic E-state index is 13.8. The normalized spacial score (nSPS) is 13.4. The molecule has 0 spiro atoms. The molecule has 0 atom stereocenters. The summed E-state index contributed by atoms with van der Waals surface area (Å²) in [6, 6.07) is 18.7. The number of benzene rings is 2. The molecule has 2 aromatic carbocycles. The zero-order valence-electron chi connectivity index (χ0n) is 20.9. The zero-order valence-corrected chi connectivity index (χ0v) is 21.7. The number of aryl methyl sites for hydroxylation is 3. The molecule has 3 aromatic heterocycles. The van der Waals surface area contributed by atoms with Gasteiger partial charge in [0.15, 0.2) is 0 Å². The van der Waals surface area contributed by atoms with E-state index in [2.05, 4.69) is 38.1 Å². The lowest BCUT2D eigenvalue weighted by molar-refractivity contribution is -0.137. The molecule has 2 aliphatic carbocycles. The SMILES string of the molecule is Cc1cc(C)cc(C2=c3sc4c(c3-c3ncccc32)-c2ncccc2C=4c2cc(C)cc(C(F)(F)F)c2)c1. The third-order valence-electron chi connectivity index (χ3n) is 7.19. The third-order valence-corrected chi connectivity index (χ3v) is 8.42. The standard InChI is InChI=1S/C32H21F3N2S/c1-16-10-17(2)12-19(11-16)24-22-6-4-8-36-28(22)26-27-29-23(7-5-9-37-29)25(31(27)38-30(24)26)20-13-18(3)14-21(15-20)32(33,34)35/h4-15H,1-3H3. The maximum Gasteiger partial charge on any atom is 0.416 e. The third kappa shape index (κ3) is 3.33. The highest BCUT2D eigenvalue weighted by molar-refractivity contribution is 7.09. The first-order valence-electron chi connectivity index (χ1n) is 12.3. The van der Waals surface area contributed by atoms with Gasteiger partial charge in [0.2, 0.25) is 0 Å². The van der Waals surface area contributed by atoms with Crippen LogP contribution >= 0.6 is 11.3 Å². The highest BCUT2D eigenvalue weighted by Gasteiger charge is 2.35. The number of thiophene rings is 1. The molecule has 0 saturated heterocycles. The van der Waals surface area contributed by atoms with Crippen LogP contribution in [0.1, 0.15) is 44.5 Å². The highest BCUT2D eigenvalue weighted by atomic mass is 32.1. The van der Waals surface area contributed by atoms with Crippen LogP contribution in [0.3, 0.4) is 0 Å². The lowest BCUT2D eigenvalue weighted by Crippen LogP contribution is -2.08. The summed E-state index contributed by atoms with van der Waals surface area (Å²) >= 11 is 1.63. The number of alkyl halides is 3. The van der Waals surface area contributed by atoms with Crippen molar-refractivity contribution in [1.29, 1.82) is 0 Å². The second-order valence-electron chi connectivity index (χ2n) is 10.0. The van der Waals surface area contributed by atoms with Crippen LogP contribution in [0.15, 0.2) is 73.1 Å². The van der Waals surface area contributed by atoms with Crippen molar-refractivity contribution in [2.24, 2.45) is 0 Å². The second-order valence-corrected chi connectivity index (χ2v) is 11.0. The molecule has 7 rings (SSSR count). The molecular weight excluding hydrogens is 501 g/mol. The largest absolute Gasteiger partial charge is 0.416 e. The molecule has 0 amide bonds. The molecule has 0 fully saturated rings. The van der Waals surface area contributed by atoms with Crippen LogP contribution in [0.5, 0.6) is 0 Å². The van der Waals surface area contributed by atoms with E-state index in [0.717, 1.165) is 59.4 Å². The Morgan fingerprint density at radius 1 is 0.632 bits per heavy atom. The Morgan fingerprint density at radius 2 is 1.11 bits per heavy atom. The lowest BCUT2D eigenvalue weighted by Gasteiger charge is -2.12. The van der Waals surface area contributed by atoms with Gasteiger partial charge in [0, 0.05) is 54.9 Å². The first-order valence-corrected chi connectivity index (χ1v) is 13.1. The van der Waals surface area contributed by atoms with Crippen molar-refractivity contribution in [1.82, 2.24) is 9.97 Å². The molecule has 0 unspecified atom stereocenters. The van der Waals surface area contributed by atoms with Crippen LogP contribution in [0.4, 0.5) is 13.2 Å². The predicted molar refractivity (Wildman–Crippen MR) is 145 cm³/mol. The van der Waals surface area contributed by atoms with Gasteiger partial charge in [-0.1, -0.05) is 47.5 Å². The van der Waals surface area contributed by atoms with Gasteiger partial charge < -0.3 is 0 Å². The molecule has 5 aromatic rings. The van der Waals surface area contributed by atoms with Gasteiger partial charge in [-0.05, 0) is 61.7 Å². The fourth-order valence-corrected chi connectivity index (χ4v) is 7.34. The monoisotopic (exact) mass is 522 g/mol. The fourth-order valence-electron chi connectivity index (χ4n) is 5.88. The topological polar surface area (TPSA) is 25.8 Å². The molecule has 2 aliphatic rings. The van der Waals surface area contributed by atoms with E-state index >= 15 is 0 Å². The van der Waals surface area contributed by atoms with E-state index in [1.165, 1.54) is 23.3 Å². The molecule has 0 aliphatic heterocycles. The van der Waals surface area contributed by atoms with E-state index in [9.17, 15) is 13.2 Å². The molecule has 38 heavy (non-hydrogen) atoms. The fraction of sp³-hybridized carbons (Fsp3) is 0.125. The number of nitrogens with zero attached hydrogens (tertiary/aromatic N) is 2. The second kappa shape index (κ2) is 7.98. The Labute approximate surface area is 221 Å². The van der Waals surface area contributed by atoms with Crippen LogP contribution in [-0.2, 0) is 6.18 Å². The minimum Gasteiger partial charge on any atom is -0.256 e. The summed E-state index contributed by atoms with van der Waals surface area (Å²) in [6.45, 7) is 5.89. The number of rotatable bonds is 2. The minimum absolute atomic E-state index is 0.555. The Kier molecular flexibility index (Phi) is 4.86. The van der Waals surface area contributed by atoms with Gasteiger partial charge in [-0.25, -0.2) is 0 Å². The average molecular weight is 523 g/mol. The van der Waals surface area contributed by atoms with E-state index < -0.39 is 11.7 Å². The van der Waals surface area contributed by atoms with Crippen molar-refractivity contribution in [2.45, 2.75) is 26.9 Å². The first-order chi connectivity index (χ1) is 18.2. The molecule has 0 saturated carbocycles. The van der Waals surface area contributed by atoms with Crippen molar-refractivity contribution in [3.05, 3.63) is 127 Å². The molecule has 3 heterocycles. The summed E-state index contributed by atoms with van der Waals surface area (Å²) in [6.07, 6.45) is -0.882. The van der Waals surface area contributed by atoms with Gasteiger partial charge in [0.1, 0.15) is 0 Å². The van der Waals surface area contributed by atoms with E-state index in [0.29, 0.717) is 11.1 Å². The molecule has 0 N–H and O–H groups in total. The maximum absolute atomic E-state index is 13.8. The molecule has 6 heteroatoms.